The van der Waals surface area contributed by atoms with Gasteiger partial charge in [-0.15, -0.1) is 55.3 Å². The number of benzene rings is 6. The van der Waals surface area contributed by atoms with Gasteiger partial charge in [0.15, 0.2) is 0 Å². The minimum atomic E-state index is -0.889. The van der Waals surface area contributed by atoms with Crippen LogP contribution < -0.4 is 28.4 Å². The van der Waals surface area contributed by atoms with Crippen molar-refractivity contribution < 1.29 is 412 Å². The molecular weight excluding hydrogens is 2970 g/mol. The van der Waals surface area contributed by atoms with Gasteiger partial charge in [-0.3, -0.25) is 0 Å². The normalized spacial score (nSPS) is 15.6. The second-order valence-electron chi connectivity index (χ2n) is 24.7. The number of allylic oxidation sites excluding steroid dienone is 1. The van der Waals surface area contributed by atoms with Crippen molar-refractivity contribution in [3.63, 3.8) is 0 Å². The van der Waals surface area contributed by atoms with Crippen LogP contribution in [0.25, 0.3) is 0 Å². The Kier molecular flexibility index (Phi) is 84.6. The van der Waals surface area contributed by atoms with Crippen molar-refractivity contribution in [2.75, 3.05) is 117 Å². The van der Waals surface area contributed by atoms with Gasteiger partial charge >= 0.3 is 0 Å². The van der Waals surface area contributed by atoms with E-state index < -0.39 is 24.4 Å². The van der Waals surface area contributed by atoms with Crippen molar-refractivity contribution in [3.8, 4) is 34.5 Å². The van der Waals surface area contributed by atoms with Crippen molar-refractivity contribution in [2.45, 2.75) is 114 Å². The molecule has 4 aliphatic heterocycles. The molecule has 4 fully saturated rings. The fourth-order valence-corrected chi connectivity index (χ4v) is 8.50. The fourth-order valence-electron chi connectivity index (χ4n) is 8.32. The molecule has 4 aliphatic rings. The quantitative estimate of drug-likeness (QED) is 0.0107. The Morgan fingerprint density at radius 1 is 0.367 bits per heavy atom. The van der Waals surface area contributed by atoms with Gasteiger partial charge in [-0.2, -0.15) is 0 Å². The van der Waals surface area contributed by atoms with Crippen molar-refractivity contribution in [3.05, 3.63) is 217 Å². The molecule has 8 unspecified atom stereocenters. The first-order valence-corrected chi connectivity index (χ1v) is 34.2. The van der Waals surface area contributed by atoms with E-state index in [1.54, 1.807) is 6.08 Å². The molecule has 6 aromatic rings. The van der Waals surface area contributed by atoms with Crippen LogP contribution in [0.15, 0.2) is 184 Å². The predicted octanol–water partition coefficient (Wildman–Crippen LogP) is 8.89. The van der Waals surface area contributed by atoms with Crippen molar-refractivity contribution >= 4 is 35.6 Å². The Balaban J connectivity index is -0.000000242. The number of hydrogen-bond acceptors (Lipinski definition) is 20. The Morgan fingerprint density at radius 2 is 0.532 bits per heavy atom. The maximum Gasteiger partial charge on any atom is 0.119 e. The van der Waals surface area contributed by atoms with E-state index in [0.29, 0.717) is 36.2 Å². The second-order valence-corrected chi connectivity index (χ2v) is 25.3. The summed E-state index contributed by atoms with van der Waals surface area (Å²) in [6, 6.07) is 47.6. The van der Waals surface area contributed by atoms with Gasteiger partial charge in [0.05, 0.1) is 77.8 Å². The maximum atomic E-state index is 9.47. The summed E-state index contributed by atoms with van der Waals surface area (Å²) in [5, 5.41) is 86.9. The molecule has 8 atom stereocenters. The molecule has 12 N–H and O–H groups in total. The number of aliphatic hydroxyl groups excluding tert-OH is 10. The fraction of sp³-hybridized carbons (Fsp3) is 0.462. The Bertz CT molecular complexity index is 2800. The zero-order chi connectivity index (χ0) is 73.9. The van der Waals surface area contributed by atoms with E-state index in [2.05, 4.69) is 95.0 Å². The Labute approximate surface area is 913 Å². The van der Waals surface area contributed by atoms with E-state index in [0.717, 1.165) is 60.2 Å². The molecule has 6 aromatic carbocycles. The second kappa shape index (κ2) is 73.3. The van der Waals surface area contributed by atoms with Gasteiger partial charge in [-0.05, 0) is 113 Å². The molecule has 31 heteroatoms. The molecule has 0 amide bonds. The van der Waals surface area contributed by atoms with Crippen LogP contribution in [0.3, 0.4) is 0 Å². The van der Waals surface area contributed by atoms with E-state index in [4.69, 9.17) is 91.7 Å². The molecular formula is C78H111Ac7Cl3O21. The van der Waals surface area contributed by atoms with Crippen molar-refractivity contribution in [2.24, 2.45) is 0 Å². The standard InChI is InChI=1S/C21H26Cl2O4.C21H28O6.C21H24O4.2C3H6O2.2C3H6O.C3H6.7Ac.ClH.H2O/c2*1-21(2,15-3-7-19(8-4-15)26-13-17(24)11-22)16-5-9-20(10-6-16)27-14-18(25)12-23;1-21(2,15-3-7-17(8-4-15)22-11-19-13-24-19)16-5-9-18(10-6-16)23-12-20-14-25-20;2*4-1-3-2-5-3;2*1-2-3-4;1-3-2;;;;;;;;;/h3-10,17-18,24-25H,11-14H2,1-2H3;3-10,17-18,22-25H,11-14H2,1-2H3;3-10,19-20H,11-14H2,1-2H3;2*3-4H,1-2H2;2*2,4H,1,3H2;3H,1H2,2H3;;;;;;;;1H;1H2. The molecule has 0 saturated carbocycles. The average Bonchev–Trinajstić information content (AvgIpc) is 1.81. The molecule has 0 bridgehead atoms. The van der Waals surface area contributed by atoms with Gasteiger partial charge < -0.3 is 104 Å². The summed E-state index contributed by atoms with van der Waals surface area (Å²) >= 11 is 11.1. The molecule has 4 saturated heterocycles. The van der Waals surface area contributed by atoms with Gasteiger partial charge in [-0.25, -0.2) is 0 Å². The molecule has 591 valence electrons. The van der Waals surface area contributed by atoms with Gasteiger partial charge in [-0.1, -0.05) is 133 Å². The number of rotatable bonds is 32. The molecule has 0 aromatic heterocycles. The minimum absolute atomic E-state index is 0. The SMILES string of the molecule is C=CC.C=CCO.C=CCO.CC(C)(c1ccc(OCC(O)CCl)cc1)c1ccc(OCC(O)CCl)cc1.CC(C)(c1ccc(OCC(O)CO)cc1)c1ccc(OCC(O)CO)cc1.CC(C)(c1ccc(OCC2CO2)cc1)c1ccc(OCC2CO2)cc1.Cl.O.OCC1CO1.OCC1CO1.[Ac].[Ac].[Ac].[Ac].[Ac].[Ac].[Ac]. The number of aliphatic hydroxyl groups is 10. The van der Waals surface area contributed by atoms with E-state index in [1.165, 1.54) is 23.3 Å². The van der Waals surface area contributed by atoms with E-state index in [1.807, 2.05) is 128 Å². The first kappa shape index (κ1) is 126. The smallest absolute Gasteiger partial charge is 0.119 e. The number of hydrogen-bond donors (Lipinski definition) is 10. The number of epoxide rings is 4. The average molecular weight is 3080 g/mol. The summed E-state index contributed by atoms with van der Waals surface area (Å²) in [7, 11) is 0. The molecule has 7 radical (unpaired) electrons. The largest absolute Gasteiger partial charge is 0.491 e. The van der Waals surface area contributed by atoms with E-state index in [-0.39, 0.29) is 445 Å². The Hall–Kier alpha value is 3.70. The van der Waals surface area contributed by atoms with Crippen molar-refractivity contribution in [1.82, 2.24) is 0 Å². The third-order valence-corrected chi connectivity index (χ3v) is 15.9. The Morgan fingerprint density at radius 3 is 0.661 bits per heavy atom. The molecule has 0 aliphatic carbocycles. The van der Waals surface area contributed by atoms with Crippen LogP contribution >= 0.6 is 35.6 Å². The summed E-state index contributed by atoms with van der Waals surface area (Å²) in [6.07, 6.45) is 2.43. The zero-order valence-corrected chi connectivity index (χ0v) is 99.4. The van der Waals surface area contributed by atoms with Crippen molar-refractivity contribution in [1.29, 1.82) is 0 Å². The summed E-state index contributed by atoms with van der Waals surface area (Å²) in [5.41, 5.74) is 6.44. The van der Waals surface area contributed by atoms with Crippen LogP contribution in [-0.2, 0) is 35.2 Å². The summed E-state index contributed by atoms with van der Waals surface area (Å²) < 4.78 is 52.9. The monoisotopic (exact) mass is 3080 g/mol. The number of ether oxygens (including phenoxy) is 10. The summed E-state index contributed by atoms with van der Waals surface area (Å²) in [5.74, 6) is 4.73. The number of alkyl halides is 2. The van der Waals surface area contributed by atoms with Crippen LogP contribution in [0.4, 0.5) is 0 Å². The van der Waals surface area contributed by atoms with Crippen LogP contribution in [-0.4, -0.2) is 223 Å². The van der Waals surface area contributed by atoms with Gasteiger partial charge in [0.1, 0.15) is 123 Å². The molecule has 21 nitrogen and oxygen atoms in total. The summed E-state index contributed by atoms with van der Waals surface area (Å²) in [4.78, 5) is 0. The van der Waals surface area contributed by atoms with E-state index >= 15 is 0 Å². The van der Waals surface area contributed by atoms with Gasteiger partial charge in [0.25, 0.3) is 0 Å². The van der Waals surface area contributed by atoms with Crippen LogP contribution in [0.1, 0.15) is 81.8 Å². The van der Waals surface area contributed by atoms with Gasteiger partial charge in [0, 0.05) is 325 Å². The maximum absolute atomic E-state index is 9.47. The summed E-state index contributed by atoms with van der Waals surface area (Å²) in [6.45, 7) is 29.5. The molecule has 10 rings (SSSR count). The predicted molar refractivity (Wildman–Crippen MR) is 402 cm³/mol. The molecule has 0 spiro atoms. The first-order valence-electron chi connectivity index (χ1n) is 33.1. The van der Waals surface area contributed by atoms with E-state index in [9.17, 15) is 20.4 Å². The topological polar surface area (TPSA) is 339 Å². The molecule has 109 heavy (non-hydrogen) atoms. The minimum Gasteiger partial charge on any atom is -0.491 e. The third-order valence-electron chi connectivity index (χ3n) is 15.2. The first-order chi connectivity index (χ1) is 47.9. The third kappa shape index (κ3) is 55.4. The van der Waals surface area contributed by atoms with Crippen LogP contribution in [0.2, 0.25) is 0 Å². The number of halogens is 3. The van der Waals surface area contributed by atoms with Gasteiger partial charge in [0.2, 0.25) is 0 Å². The zero-order valence-electron chi connectivity index (χ0n) is 63.8. The molecule has 4 heterocycles. The van der Waals surface area contributed by atoms with Crippen LogP contribution in [0, 0.1) is 308 Å². The van der Waals surface area contributed by atoms with Crippen LogP contribution in [0.5, 0.6) is 34.5 Å².